The Hall–Kier alpha value is -1.20. The molecule has 0 radical (unpaired) electrons. The van der Waals surface area contributed by atoms with Crippen molar-refractivity contribution in [2.75, 3.05) is 12.3 Å². The molecule has 0 fully saturated rings. The average Bonchev–Trinajstić information content (AvgIpc) is 2.37. The smallest absolute Gasteiger partial charge is 0.241 e. The number of nitrogens with one attached hydrogen (secondary N) is 1. The summed E-state index contributed by atoms with van der Waals surface area (Å²) in [5.74, 6) is 0.204. The van der Waals surface area contributed by atoms with Crippen molar-refractivity contribution in [3.8, 4) is 0 Å². The lowest BCUT2D eigenvalue weighted by Gasteiger charge is -2.18. The van der Waals surface area contributed by atoms with Gasteiger partial charge in [-0.25, -0.2) is 0 Å². The molecule has 2 unspecified atom stereocenters. The van der Waals surface area contributed by atoms with Crippen molar-refractivity contribution >= 4 is 16.7 Å². The van der Waals surface area contributed by atoms with Gasteiger partial charge in [-0.05, 0) is 33.3 Å². The maximum absolute atomic E-state index is 11.9. The SMILES string of the molecule is Cc1ccc(C(N)C(=O)NCCS(=O)C(C)(C)C)cc1. The molecule has 3 N–H and O–H groups in total. The highest BCUT2D eigenvalue weighted by atomic mass is 32.2. The maximum Gasteiger partial charge on any atom is 0.241 e. The van der Waals surface area contributed by atoms with Crippen LogP contribution in [0.2, 0.25) is 0 Å². The molecule has 20 heavy (non-hydrogen) atoms. The number of nitrogens with two attached hydrogens (primary N) is 1. The van der Waals surface area contributed by atoms with E-state index in [9.17, 15) is 9.00 Å². The van der Waals surface area contributed by atoms with Crippen LogP contribution in [-0.4, -0.2) is 27.2 Å². The van der Waals surface area contributed by atoms with Gasteiger partial charge in [0.1, 0.15) is 6.04 Å². The number of hydrogen-bond donors (Lipinski definition) is 2. The van der Waals surface area contributed by atoms with Crippen molar-refractivity contribution < 1.29 is 9.00 Å². The number of amides is 1. The molecule has 0 aliphatic heterocycles. The van der Waals surface area contributed by atoms with Crippen molar-refractivity contribution in [1.29, 1.82) is 0 Å². The lowest BCUT2D eigenvalue weighted by Crippen LogP contribution is -2.37. The van der Waals surface area contributed by atoms with Crippen LogP contribution in [0.3, 0.4) is 0 Å². The molecule has 5 heteroatoms. The van der Waals surface area contributed by atoms with E-state index in [4.69, 9.17) is 5.73 Å². The van der Waals surface area contributed by atoms with Gasteiger partial charge in [-0.1, -0.05) is 29.8 Å². The normalized spacial score (nSPS) is 14.7. The first-order valence-corrected chi connectivity index (χ1v) is 8.02. The molecule has 0 aliphatic carbocycles. The van der Waals surface area contributed by atoms with Crippen molar-refractivity contribution in [3.63, 3.8) is 0 Å². The van der Waals surface area contributed by atoms with Gasteiger partial charge in [0.15, 0.2) is 0 Å². The highest BCUT2D eigenvalue weighted by Crippen LogP contribution is 2.12. The molecule has 112 valence electrons. The molecule has 1 aromatic carbocycles. The molecule has 1 amide bonds. The Kier molecular flexibility index (Phi) is 5.89. The van der Waals surface area contributed by atoms with E-state index in [-0.39, 0.29) is 10.7 Å². The summed E-state index contributed by atoms with van der Waals surface area (Å²) in [4.78, 5) is 11.9. The minimum absolute atomic E-state index is 0.236. The minimum Gasteiger partial charge on any atom is -0.354 e. The summed E-state index contributed by atoms with van der Waals surface area (Å²) >= 11 is 0. The molecule has 2 atom stereocenters. The van der Waals surface area contributed by atoms with Crippen LogP contribution in [0.1, 0.15) is 37.9 Å². The van der Waals surface area contributed by atoms with Crippen LogP contribution in [0.4, 0.5) is 0 Å². The number of rotatable bonds is 5. The molecule has 0 saturated carbocycles. The van der Waals surface area contributed by atoms with Crippen LogP contribution in [-0.2, 0) is 15.6 Å². The fraction of sp³-hybridized carbons (Fsp3) is 0.533. The summed E-state index contributed by atoms with van der Waals surface area (Å²) in [7, 11) is -0.970. The van der Waals surface area contributed by atoms with Gasteiger partial charge in [0.2, 0.25) is 5.91 Å². The van der Waals surface area contributed by atoms with Crippen molar-refractivity contribution in [2.24, 2.45) is 5.73 Å². The van der Waals surface area contributed by atoms with E-state index >= 15 is 0 Å². The minimum atomic E-state index is -0.970. The molecule has 4 nitrogen and oxygen atoms in total. The van der Waals surface area contributed by atoms with Crippen molar-refractivity contribution in [2.45, 2.75) is 38.5 Å². The van der Waals surface area contributed by atoms with Gasteiger partial charge in [-0.15, -0.1) is 0 Å². The fourth-order valence-electron chi connectivity index (χ4n) is 1.61. The summed E-state index contributed by atoms with van der Waals surface area (Å²) in [6, 6.07) is 6.88. The molecule has 0 aromatic heterocycles. The van der Waals surface area contributed by atoms with Crippen molar-refractivity contribution in [3.05, 3.63) is 35.4 Å². The van der Waals surface area contributed by atoms with E-state index < -0.39 is 16.8 Å². The summed E-state index contributed by atoms with van der Waals surface area (Å²) < 4.78 is 11.6. The van der Waals surface area contributed by atoms with E-state index in [0.29, 0.717) is 12.3 Å². The summed E-state index contributed by atoms with van der Waals surface area (Å²) in [6.07, 6.45) is 0. The fourth-order valence-corrected chi connectivity index (χ4v) is 2.51. The van der Waals surface area contributed by atoms with Crippen LogP contribution >= 0.6 is 0 Å². The maximum atomic E-state index is 11.9. The predicted molar refractivity (Wildman–Crippen MR) is 83.9 cm³/mol. The second-order valence-corrected chi connectivity index (χ2v) is 8.17. The topological polar surface area (TPSA) is 72.2 Å². The molecule has 0 bridgehead atoms. The van der Waals surface area contributed by atoms with Gasteiger partial charge in [-0.3, -0.25) is 9.00 Å². The molecule has 0 saturated heterocycles. The molecule has 0 spiro atoms. The molecule has 0 heterocycles. The zero-order valence-electron chi connectivity index (χ0n) is 12.6. The third-order valence-corrected chi connectivity index (χ3v) is 4.93. The second-order valence-electron chi connectivity index (χ2n) is 5.84. The Bertz CT molecular complexity index is 478. The van der Waals surface area contributed by atoms with Gasteiger partial charge in [0, 0.05) is 27.8 Å². The molecule has 1 rings (SSSR count). The summed E-state index contributed by atoms with van der Waals surface area (Å²) in [5.41, 5.74) is 7.81. The standard InChI is InChI=1S/C15H24N2O2S/c1-11-5-7-12(8-6-11)13(16)14(18)17-9-10-20(19)15(2,3)4/h5-8,13H,9-10,16H2,1-4H3,(H,17,18). The third-order valence-electron chi connectivity index (χ3n) is 2.99. The Balaban J connectivity index is 2.47. The zero-order valence-corrected chi connectivity index (χ0v) is 13.4. The van der Waals surface area contributed by atoms with Crippen LogP contribution in [0, 0.1) is 6.92 Å². The average molecular weight is 296 g/mol. The van der Waals surface area contributed by atoms with Crippen molar-refractivity contribution in [1.82, 2.24) is 5.32 Å². The number of aryl methyl sites for hydroxylation is 1. The largest absolute Gasteiger partial charge is 0.354 e. The first kappa shape index (κ1) is 16.9. The molecular weight excluding hydrogens is 272 g/mol. The van der Waals surface area contributed by atoms with Gasteiger partial charge in [0.25, 0.3) is 0 Å². The third kappa shape index (κ3) is 5.06. The lowest BCUT2D eigenvalue weighted by molar-refractivity contribution is -0.122. The van der Waals surface area contributed by atoms with Crippen LogP contribution < -0.4 is 11.1 Å². The Morgan fingerprint density at radius 3 is 2.35 bits per heavy atom. The molecule has 0 aliphatic rings. The quantitative estimate of drug-likeness (QED) is 0.868. The monoisotopic (exact) mass is 296 g/mol. The Labute approximate surface area is 123 Å². The Morgan fingerprint density at radius 1 is 1.30 bits per heavy atom. The first-order valence-electron chi connectivity index (χ1n) is 6.70. The van der Waals surface area contributed by atoms with Crippen LogP contribution in [0.5, 0.6) is 0 Å². The highest BCUT2D eigenvalue weighted by molar-refractivity contribution is 7.86. The van der Waals surface area contributed by atoms with E-state index in [0.717, 1.165) is 11.1 Å². The van der Waals surface area contributed by atoms with E-state index in [1.165, 1.54) is 0 Å². The van der Waals surface area contributed by atoms with Gasteiger partial charge in [0.05, 0.1) is 0 Å². The van der Waals surface area contributed by atoms with Crippen LogP contribution in [0.25, 0.3) is 0 Å². The number of hydrogen-bond acceptors (Lipinski definition) is 3. The van der Waals surface area contributed by atoms with Gasteiger partial charge in [-0.2, -0.15) is 0 Å². The predicted octanol–water partition coefficient (Wildman–Crippen LogP) is 1.66. The van der Waals surface area contributed by atoms with E-state index in [1.54, 1.807) is 0 Å². The lowest BCUT2D eigenvalue weighted by atomic mass is 10.1. The number of carbonyl (C=O) groups excluding carboxylic acids is 1. The molecule has 1 aromatic rings. The van der Waals surface area contributed by atoms with Gasteiger partial charge >= 0.3 is 0 Å². The number of carbonyl (C=O) groups is 1. The number of benzene rings is 1. The van der Waals surface area contributed by atoms with E-state index in [2.05, 4.69) is 5.32 Å². The zero-order chi connectivity index (χ0) is 15.3. The van der Waals surface area contributed by atoms with Crippen LogP contribution in [0.15, 0.2) is 24.3 Å². The first-order chi connectivity index (χ1) is 9.21. The summed E-state index contributed by atoms with van der Waals surface area (Å²) in [6.45, 7) is 8.12. The highest BCUT2D eigenvalue weighted by Gasteiger charge is 2.20. The second kappa shape index (κ2) is 6.99. The Morgan fingerprint density at radius 2 is 1.85 bits per heavy atom. The van der Waals surface area contributed by atoms with Gasteiger partial charge < -0.3 is 11.1 Å². The molecular formula is C15H24N2O2S. The van der Waals surface area contributed by atoms with E-state index in [1.807, 2.05) is 52.0 Å². The summed E-state index contributed by atoms with van der Waals surface area (Å²) in [5, 5.41) is 2.74.